The van der Waals surface area contributed by atoms with Crippen molar-refractivity contribution in [3.63, 3.8) is 0 Å². The summed E-state index contributed by atoms with van der Waals surface area (Å²) >= 11 is 6.03. The lowest BCUT2D eigenvalue weighted by Crippen LogP contribution is -2.41. The van der Waals surface area contributed by atoms with Gasteiger partial charge >= 0.3 is 5.69 Å². The Morgan fingerprint density at radius 2 is 1.94 bits per heavy atom. The third kappa shape index (κ3) is 1.97. The van der Waals surface area contributed by atoms with Gasteiger partial charge in [0.2, 0.25) is 0 Å². The van der Waals surface area contributed by atoms with Crippen molar-refractivity contribution < 1.29 is 0 Å². The van der Waals surface area contributed by atoms with E-state index in [4.69, 9.17) is 11.6 Å². The molecule has 0 atom stereocenters. The van der Waals surface area contributed by atoms with Crippen LogP contribution >= 0.6 is 11.6 Å². The molecule has 0 amide bonds. The summed E-state index contributed by atoms with van der Waals surface area (Å²) in [6, 6.07) is 0. The number of hydrogen-bond acceptors (Lipinski definition) is 2. The molecule has 1 heterocycles. The normalized spacial score (nSPS) is 10.4. The number of rotatable bonds is 4. The topological polar surface area (TPSA) is 44.0 Å². The van der Waals surface area contributed by atoms with Gasteiger partial charge in [-0.2, -0.15) is 0 Å². The Bertz CT molecular complexity index is 514. The Hall–Kier alpha value is -1.29. The van der Waals surface area contributed by atoms with Crippen LogP contribution in [-0.2, 0) is 19.5 Å². The van der Waals surface area contributed by atoms with Crippen molar-refractivity contribution in [2.75, 3.05) is 0 Å². The quantitative estimate of drug-likeness (QED) is 0.592. The molecule has 5 heteroatoms. The van der Waals surface area contributed by atoms with Crippen molar-refractivity contribution in [2.24, 2.45) is 0 Å². The van der Waals surface area contributed by atoms with Gasteiger partial charge in [0.1, 0.15) is 5.15 Å². The molecule has 0 radical (unpaired) electrons. The summed E-state index contributed by atoms with van der Waals surface area (Å²) in [6.07, 6.45) is 2.09. The SMILES string of the molecule is C=CCn1c(Cl)c(CC)c(=O)n(CC)c1=O. The summed E-state index contributed by atoms with van der Waals surface area (Å²) in [6.45, 7) is 7.82. The lowest BCUT2D eigenvalue weighted by atomic mass is 10.2. The van der Waals surface area contributed by atoms with Crippen LogP contribution in [-0.4, -0.2) is 9.13 Å². The molecule has 0 aromatic carbocycles. The second-order valence-corrected chi connectivity index (χ2v) is 3.71. The van der Waals surface area contributed by atoms with Gasteiger partial charge in [-0.15, -0.1) is 6.58 Å². The molecule has 88 valence electrons. The van der Waals surface area contributed by atoms with Gasteiger partial charge in [-0.3, -0.25) is 13.9 Å². The molecule has 1 aromatic heterocycles. The van der Waals surface area contributed by atoms with Crippen LogP contribution in [0.2, 0.25) is 5.15 Å². The zero-order valence-electron chi connectivity index (χ0n) is 9.49. The van der Waals surface area contributed by atoms with Gasteiger partial charge in [0.15, 0.2) is 0 Å². The first-order chi connectivity index (χ1) is 7.58. The van der Waals surface area contributed by atoms with Crippen molar-refractivity contribution in [3.05, 3.63) is 44.2 Å². The van der Waals surface area contributed by atoms with Gasteiger partial charge in [-0.05, 0) is 13.3 Å². The van der Waals surface area contributed by atoms with E-state index in [0.717, 1.165) is 0 Å². The monoisotopic (exact) mass is 242 g/mol. The van der Waals surface area contributed by atoms with Crippen LogP contribution < -0.4 is 11.2 Å². The number of aromatic nitrogens is 2. The summed E-state index contributed by atoms with van der Waals surface area (Å²) in [7, 11) is 0. The van der Waals surface area contributed by atoms with Crippen LogP contribution in [0, 0.1) is 0 Å². The molecule has 0 aliphatic rings. The Kier molecular flexibility index (Phi) is 4.12. The molecule has 0 unspecified atom stereocenters. The van der Waals surface area contributed by atoms with Crippen LogP contribution in [0.1, 0.15) is 19.4 Å². The standard InChI is InChI=1S/C11H15ClN2O2/c1-4-7-14-9(12)8(5-2)10(15)13(6-3)11(14)16/h4H,1,5-7H2,2-3H3. The molecule has 0 N–H and O–H groups in total. The number of hydrogen-bond donors (Lipinski definition) is 0. The zero-order chi connectivity index (χ0) is 12.3. The lowest BCUT2D eigenvalue weighted by Gasteiger charge is -2.12. The summed E-state index contributed by atoms with van der Waals surface area (Å²) in [5.41, 5.74) is -0.195. The second kappa shape index (κ2) is 5.16. The van der Waals surface area contributed by atoms with E-state index >= 15 is 0 Å². The van der Waals surface area contributed by atoms with Gasteiger partial charge in [0, 0.05) is 13.1 Å². The Morgan fingerprint density at radius 3 is 2.38 bits per heavy atom. The van der Waals surface area contributed by atoms with Crippen LogP contribution in [0.15, 0.2) is 22.2 Å². The van der Waals surface area contributed by atoms with Gasteiger partial charge < -0.3 is 0 Å². The summed E-state index contributed by atoms with van der Waals surface area (Å²) in [5, 5.41) is 0.224. The summed E-state index contributed by atoms with van der Waals surface area (Å²) in [4.78, 5) is 23.8. The molecule has 16 heavy (non-hydrogen) atoms. The highest BCUT2D eigenvalue weighted by Gasteiger charge is 2.14. The number of allylic oxidation sites excluding steroid dienone is 1. The second-order valence-electron chi connectivity index (χ2n) is 3.35. The van der Waals surface area contributed by atoms with E-state index in [9.17, 15) is 9.59 Å². The molecule has 0 bridgehead atoms. The van der Waals surface area contributed by atoms with Gasteiger partial charge in [-0.1, -0.05) is 24.6 Å². The highest BCUT2D eigenvalue weighted by Crippen LogP contribution is 2.10. The van der Waals surface area contributed by atoms with E-state index in [-0.39, 0.29) is 16.4 Å². The van der Waals surface area contributed by atoms with E-state index in [1.807, 2.05) is 6.92 Å². The van der Waals surface area contributed by atoms with E-state index in [1.54, 1.807) is 13.0 Å². The van der Waals surface area contributed by atoms with E-state index in [2.05, 4.69) is 6.58 Å². The molecule has 4 nitrogen and oxygen atoms in total. The highest BCUT2D eigenvalue weighted by atomic mass is 35.5. The molecule has 1 aromatic rings. The minimum Gasteiger partial charge on any atom is -0.280 e. The highest BCUT2D eigenvalue weighted by molar-refractivity contribution is 6.30. The Labute approximate surface area is 98.8 Å². The predicted octanol–water partition coefficient (Wildman–Crippen LogP) is 1.43. The van der Waals surface area contributed by atoms with Crippen LogP contribution in [0.25, 0.3) is 0 Å². The average molecular weight is 243 g/mol. The van der Waals surface area contributed by atoms with Crippen molar-refractivity contribution in [3.8, 4) is 0 Å². The van der Waals surface area contributed by atoms with Crippen molar-refractivity contribution in [1.82, 2.24) is 9.13 Å². The van der Waals surface area contributed by atoms with Gasteiger partial charge in [0.05, 0.1) is 5.56 Å². The maximum atomic E-state index is 11.9. The largest absolute Gasteiger partial charge is 0.332 e. The van der Waals surface area contributed by atoms with Crippen LogP contribution in [0.5, 0.6) is 0 Å². The van der Waals surface area contributed by atoms with E-state index in [1.165, 1.54) is 9.13 Å². The first-order valence-electron chi connectivity index (χ1n) is 5.21. The first kappa shape index (κ1) is 12.8. The average Bonchev–Trinajstić information content (AvgIpc) is 2.26. The Morgan fingerprint density at radius 1 is 1.31 bits per heavy atom. The molecular formula is C11H15ClN2O2. The number of nitrogens with zero attached hydrogens (tertiary/aromatic N) is 2. The number of halogens is 1. The van der Waals surface area contributed by atoms with Crippen molar-refractivity contribution in [2.45, 2.75) is 33.4 Å². The van der Waals surface area contributed by atoms with Gasteiger partial charge in [0.25, 0.3) is 5.56 Å². The lowest BCUT2D eigenvalue weighted by molar-refractivity contribution is 0.593. The molecule has 0 aliphatic carbocycles. The van der Waals surface area contributed by atoms with Gasteiger partial charge in [-0.25, -0.2) is 4.79 Å². The van der Waals surface area contributed by atoms with Crippen LogP contribution in [0.4, 0.5) is 0 Å². The summed E-state index contributed by atoms with van der Waals surface area (Å²) in [5.74, 6) is 0. The van der Waals surface area contributed by atoms with E-state index < -0.39 is 0 Å². The maximum absolute atomic E-state index is 11.9. The van der Waals surface area contributed by atoms with Crippen molar-refractivity contribution >= 4 is 11.6 Å². The molecular weight excluding hydrogens is 228 g/mol. The van der Waals surface area contributed by atoms with Crippen LogP contribution in [0.3, 0.4) is 0 Å². The fourth-order valence-electron chi connectivity index (χ4n) is 1.59. The minimum absolute atomic E-state index is 0.224. The zero-order valence-corrected chi connectivity index (χ0v) is 10.3. The minimum atomic E-state index is -0.380. The first-order valence-corrected chi connectivity index (χ1v) is 5.59. The fraction of sp³-hybridized carbons (Fsp3) is 0.455. The third-order valence-electron chi connectivity index (χ3n) is 2.43. The fourth-order valence-corrected chi connectivity index (χ4v) is 1.95. The molecule has 0 aliphatic heterocycles. The molecule has 0 fully saturated rings. The maximum Gasteiger partial charge on any atom is 0.332 e. The van der Waals surface area contributed by atoms with E-state index in [0.29, 0.717) is 25.1 Å². The smallest absolute Gasteiger partial charge is 0.280 e. The molecule has 0 spiro atoms. The Balaban J connectivity index is 3.70. The molecule has 1 rings (SSSR count). The third-order valence-corrected chi connectivity index (χ3v) is 2.86. The predicted molar refractivity (Wildman–Crippen MR) is 65.2 cm³/mol. The molecule has 0 saturated heterocycles. The summed E-state index contributed by atoms with van der Waals surface area (Å²) < 4.78 is 2.55. The molecule has 0 saturated carbocycles. The van der Waals surface area contributed by atoms with Crippen molar-refractivity contribution in [1.29, 1.82) is 0 Å².